The van der Waals surface area contributed by atoms with Gasteiger partial charge in [0, 0.05) is 30.9 Å². The van der Waals surface area contributed by atoms with Gasteiger partial charge < -0.3 is 14.9 Å². The molecule has 5 nitrogen and oxygen atoms in total. The smallest absolute Gasteiger partial charge is 0.212 e. The van der Waals surface area contributed by atoms with E-state index in [2.05, 4.69) is 15.5 Å². The lowest BCUT2D eigenvalue weighted by Gasteiger charge is -2.07. The molecule has 0 aliphatic carbocycles. The Labute approximate surface area is 93.5 Å². The molecule has 16 heavy (non-hydrogen) atoms. The molecule has 1 saturated heterocycles. The van der Waals surface area contributed by atoms with Crippen LogP contribution >= 0.6 is 0 Å². The van der Waals surface area contributed by atoms with E-state index in [-0.39, 0.29) is 6.10 Å². The van der Waals surface area contributed by atoms with Gasteiger partial charge in [0.15, 0.2) is 0 Å². The number of pyridine rings is 1. The highest BCUT2D eigenvalue weighted by Gasteiger charge is 2.38. The Morgan fingerprint density at radius 2 is 2.38 bits per heavy atom. The molecule has 3 heterocycles. The summed E-state index contributed by atoms with van der Waals surface area (Å²) in [5.41, 5.74) is 2.00. The fourth-order valence-electron chi connectivity index (χ4n) is 2.15. The van der Waals surface area contributed by atoms with Gasteiger partial charge in [-0.3, -0.25) is 0 Å². The van der Waals surface area contributed by atoms with Crippen molar-refractivity contribution in [2.75, 3.05) is 20.2 Å². The fraction of sp³-hybridized carbons (Fsp3) is 0.455. The Morgan fingerprint density at radius 3 is 3.12 bits per heavy atom. The van der Waals surface area contributed by atoms with Gasteiger partial charge in [-0.2, -0.15) is 0 Å². The molecule has 2 aliphatic rings. The predicted molar refractivity (Wildman–Crippen MR) is 58.6 cm³/mol. The first-order valence-electron chi connectivity index (χ1n) is 5.33. The number of rotatable bonds is 2. The molecule has 0 bridgehead atoms. The van der Waals surface area contributed by atoms with E-state index >= 15 is 0 Å². The van der Waals surface area contributed by atoms with Gasteiger partial charge in [0.1, 0.15) is 6.10 Å². The summed E-state index contributed by atoms with van der Waals surface area (Å²) < 4.78 is 5.02. The van der Waals surface area contributed by atoms with E-state index in [1.165, 1.54) is 0 Å². The van der Waals surface area contributed by atoms with Crippen molar-refractivity contribution in [3.63, 3.8) is 0 Å². The van der Waals surface area contributed by atoms with Gasteiger partial charge in [-0.1, -0.05) is 5.16 Å². The lowest BCUT2D eigenvalue weighted by atomic mass is 9.96. The molecule has 0 aromatic carbocycles. The third-order valence-corrected chi connectivity index (χ3v) is 3.04. The van der Waals surface area contributed by atoms with E-state index in [0.717, 1.165) is 24.4 Å². The molecule has 5 heteroatoms. The first-order valence-corrected chi connectivity index (χ1v) is 5.33. The first kappa shape index (κ1) is 9.59. The predicted octanol–water partition coefficient (Wildman–Crippen LogP) is 0.413. The zero-order chi connectivity index (χ0) is 11.0. The summed E-state index contributed by atoms with van der Waals surface area (Å²) in [6.07, 6.45) is 1.97. The molecule has 0 saturated carbocycles. The van der Waals surface area contributed by atoms with Gasteiger partial charge in [0.2, 0.25) is 5.88 Å². The Bertz CT molecular complexity index is 416. The number of fused-ring (bicyclic) bond motifs is 1. The summed E-state index contributed by atoms with van der Waals surface area (Å²) in [5.74, 6) is 0.972. The van der Waals surface area contributed by atoms with Crippen LogP contribution in [0.3, 0.4) is 0 Å². The van der Waals surface area contributed by atoms with E-state index in [1.54, 1.807) is 13.3 Å². The SMILES string of the molecule is COc1ccc(C2=NOC3CNCC23)cn1. The van der Waals surface area contributed by atoms with Gasteiger partial charge >= 0.3 is 0 Å². The monoisotopic (exact) mass is 219 g/mol. The van der Waals surface area contributed by atoms with Crippen molar-refractivity contribution in [1.82, 2.24) is 10.3 Å². The van der Waals surface area contributed by atoms with Crippen LogP contribution in [0.1, 0.15) is 5.56 Å². The first-order chi connectivity index (χ1) is 7.88. The van der Waals surface area contributed by atoms with Crippen molar-refractivity contribution in [3.05, 3.63) is 23.9 Å². The van der Waals surface area contributed by atoms with Crippen molar-refractivity contribution in [3.8, 4) is 5.88 Å². The van der Waals surface area contributed by atoms with Gasteiger partial charge in [-0.05, 0) is 6.07 Å². The summed E-state index contributed by atoms with van der Waals surface area (Å²) in [6, 6.07) is 3.81. The average Bonchev–Trinajstić information content (AvgIpc) is 2.91. The van der Waals surface area contributed by atoms with Gasteiger partial charge in [0.05, 0.1) is 18.7 Å². The van der Waals surface area contributed by atoms with E-state index in [4.69, 9.17) is 9.57 Å². The van der Waals surface area contributed by atoms with Crippen molar-refractivity contribution in [2.45, 2.75) is 6.10 Å². The second kappa shape index (κ2) is 3.75. The van der Waals surface area contributed by atoms with Crippen LogP contribution < -0.4 is 10.1 Å². The quantitative estimate of drug-likeness (QED) is 0.783. The molecule has 1 aromatic heterocycles. The van der Waals surface area contributed by atoms with Crippen LogP contribution in [0.2, 0.25) is 0 Å². The van der Waals surface area contributed by atoms with Crippen LogP contribution in [0.4, 0.5) is 0 Å². The highest BCUT2D eigenvalue weighted by Crippen LogP contribution is 2.25. The van der Waals surface area contributed by atoms with E-state index < -0.39 is 0 Å². The summed E-state index contributed by atoms with van der Waals surface area (Å²) >= 11 is 0. The molecule has 2 unspecified atom stereocenters. The Morgan fingerprint density at radius 1 is 1.44 bits per heavy atom. The van der Waals surface area contributed by atoms with E-state index in [1.807, 2.05) is 12.1 Å². The lowest BCUT2D eigenvalue weighted by molar-refractivity contribution is 0.0842. The average molecular weight is 219 g/mol. The van der Waals surface area contributed by atoms with Crippen molar-refractivity contribution in [2.24, 2.45) is 11.1 Å². The molecule has 1 N–H and O–H groups in total. The maximum absolute atomic E-state index is 5.37. The maximum Gasteiger partial charge on any atom is 0.212 e. The second-order valence-corrected chi connectivity index (χ2v) is 3.97. The van der Waals surface area contributed by atoms with Crippen molar-refractivity contribution in [1.29, 1.82) is 0 Å². The Balaban J connectivity index is 1.86. The molecule has 84 valence electrons. The van der Waals surface area contributed by atoms with Gasteiger partial charge in [-0.15, -0.1) is 0 Å². The minimum Gasteiger partial charge on any atom is -0.481 e. The third-order valence-electron chi connectivity index (χ3n) is 3.04. The van der Waals surface area contributed by atoms with Crippen LogP contribution in [0, 0.1) is 5.92 Å². The van der Waals surface area contributed by atoms with Crippen LogP contribution in [0.15, 0.2) is 23.5 Å². The molecule has 2 aliphatic heterocycles. The molecule has 2 atom stereocenters. The number of hydrogen-bond donors (Lipinski definition) is 1. The normalized spacial score (nSPS) is 27.2. The molecule has 1 aromatic rings. The summed E-state index contributed by atoms with van der Waals surface area (Å²) in [4.78, 5) is 9.54. The molecular weight excluding hydrogens is 206 g/mol. The van der Waals surface area contributed by atoms with Crippen LogP contribution in [-0.4, -0.2) is 37.0 Å². The largest absolute Gasteiger partial charge is 0.481 e. The van der Waals surface area contributed by atoms with E-state index in [0.29, 0.717) is 11.8 Å². The molecular formula is C11H13N3O2. The summed E-state index contributed by atoms with van der Waals surface area (Å²) in [6.45, 7) is 1.80. The number of nitrogens with one attached hydrogen (secondary N) is 1. The molecule has 0 radical (unpaired) electrons. The number of aromatic nitrogens is 1. The Hall–Kier alpha value is -1.62. The van der Waals surface area contributed by atoms with Crippen LogP contribution in [-0.2, 0) is 4.84 Å². The number of nitrogens with zero attached hydrogens (tertiary/aromatic N) is 2. The topological polar surface area (TPSA) is 55.7 Å². The van der Waals surface area contributed by atoms with Crippen LogP contribution in [0.5, 0.6) is 5.88 Å². The molecule has 0 amide bonds. The van der Waals surface area contributed by atoms with E-state index in [9.17, 15) is 0 Å². The maximum atomic E-state index is 5.37. The Kier molecular flexibility index (Phi) is 2.25. The standard InChI is InChI=1S/C11H13N3O2/c1-15-10-3-2-7(4-13-10)11-8-5-12-6-9(8)16-14-11/h2-4,8-9,12H,5-6H2,1H3. The molecule has 3 rings (SSSR count). The number of ether oxygens (including phenoxy) is 1. The molecule has 1 fully saturated rings. The van der Waals surface area contributed by atoms with Crippen molar-refractivity contribution < 1.29 is 9.57 Å². The number of hydrogen-bond acceptors (Lipinski definition) is 5. The number of methoxy groups -OCH3 is 1. The zero-order valence-electron chi connectivity index (χ0n) is 9.01. The minimum atomic E-state index is 0.192. The number of oxime groups is 1. The third kappa shape index (κ3) is 1.44. The minimum absolute atomic E-state index is 0.192. The fourth-order valence-corrected chi connectivity index (χ4v) is 2.15. The zero-order valence-corrected chi connectivity index (χ0v) is 9.01. The summed E-state index contributed by atoms with van der Waals surface area (Å²) in [7, 11) is 1.61. The van der Waals surface area contributed by atoms with Crippen molar-refractivity contribution >= 4 is 5.71 Å². The highest BCUT2D eigenvalue weighted by atomic mass is 16.6. The van der Waals surface area contributed by atoms with Gasteiger partial charge in [0.25, 0.3) is 0 Å². The van der Waals surface area contributed by atoms with Gasteiger partial charge in [-0.25, -0.2) is 4.98 Å². The lowest BCUT2D eigenvalue weighted by Crippen LogP contribution is -2.21. The second-order valence-electron chi connectivity index (χ2n) is 3.97. The molecule has 0 spiro atoms. The summed E-state index contributed by atoms with van der Waals surface area (Å²) in [5, 5.41) is 7.44. The highest BCUT2D eigenvalue weighted by molar-refractivity contribution is 6.03. The van der Waals surface area contributed by atoms with Crippen LogP contribution in [0.25, 0.3) is 0 Å².